The number of aliphatic carboxylic acids is 1. The molecular formula is C16H24N2O3. The molecule has 2 N–H and O–H groups in total. The van der Waals surface area contributed by atoms with Crippen LogP contribution in [0.4, 0.5) is 4.79 Å². The minimum atomic E-state index is -0.912. The van der Waals surface area contributed by atoms with Gasteiger partial charge in [0.15, 0.2) is 0 Å². The fourth-order valence-electron chi connectivity index (χ4n) is 2.04. The summed E-state index contributed by atoms with van der Waals surface area (Å²) in [6, 6.07) is 9.37. The Kier molecular flexibility index (Phi) is 5.76. The highest BCUT2D eigenvalue weighted by molar-refractivity contribution is 5.75. The molecule has 0 spiro atoms. The van der Waals surface area contributed by atoms with Crippen molar-refractivity contribution in [1.82, 2.24) is 10.2 Å². The lowest BCUT2D eigenvalue weighted by Crippen LogP contribution is -2.44. The molecule has 0 saturated heterocycles. The number of nitrogens with zero attached hydrogens (tertiary/aromatic N) is 1. The molecule has 1 rings (SSSR count). The third-order valence-electron chi connectivity index (χ3n) is 3.27. The van der Waals surface area contributed by atoms with Gasteiger partial charge in [-0.25, -0.2) is 4.79 Å². The second-order valence-corrected chi connectivity index (χ2v) is 6.22. The number of urea groups is 1. The predicted molar refractivity (Wildman–Crippen MR) is 82.1 cm³/mol. The lowest BCUT2D eigenvalue weighted by Gasteiger charge is -2.33. The van der Waals surface area contributed by atoms with Crippen LogP contribution in [0, 0.1) is 5.41 Å². The molecule has 1 aromatic carbocycles. The van der Waals surface area contributed by atoms with Crippen molar-refractivity contribution in [2.75, 3.05) is 13.6 Å². The fourth-order valence-corrected chi connectivity index (χ4v) is 2.04. The molecule has 5 nitrogen and oxygen atoms in total. The Morgan fingerprint density at radius 2 is 1.81 bits per heavy atom. The normalized spacial score (nSPS) is 12.6. The van der Waals surface area contributed by atoms with Crippen LogP contribution in [0.15, 0.2) is 30.3 Å². The zero-order valence-electron chi connectivity index (χ0n) is 13.1. The van der Waals surface area contributed by atoms with Crippen LogP contribution < -0.4 is 5.32 Å². The average Bonchev–Trinajstić information content (AvgIpc) is 2.41. The summed E-state index contributed by atoms with van der Waals surface area (Å²) in [6.45, 7) is 6.36. The molecular weight excluding hydrogens is 268 g/mol. The number of rotatable bonds is 5. The summed E-state index contributed by atoms with van der Waals surface area (Å²) in [6.07, 6.45) is -0.0601. The van der Waals surface area contributed by atoms with E-state index in [1.165, 1.54) is 4.90 Å². The lowest BCUT2D eigenvalue weighted by atomic mass is 9.82. The molecule has 0 aliphatic rings. The summed E-state index contributed by atoms with van der Waals surface area (Å²) in [5, 5.41) is 11.7. The first-order chi connectivity index (χ1) is 9.71. The number of carboxylic acids is 1. The molecule has 0 aliphatic heterocycles. The summed E-state index contributed by atoms with van der Waals surface area (Å²) < 4.78 is 0. The molecule has 1 atom stereocenters. The van der Waals surface area contributed by atoms with Crippen molar-refractivity contribution < 1.29 is 14.7 Å². The monoisotopic (exact) mass is 292 g/mol. The van der Waals surface area contributed by atoms with Gasteiger partial charge in [0.25, 0.3) is 0 Å². The van der Waals surface area contributed by atoms with Crippen LogP contribution in [0.3, 0.4) is 0 Å². The number of carbonyl (C=O) groups excluding carboxylic acids is 1. The minimum Gasteiger partial charge on any atom is -0.481 e. The van der Waals surface area contributed by atoms with E-state index in [0.29, 0.717) is 0 Å². The van der Waals surface area contributed by atoms with E-state index in [1.54, 1.807) is 7.05 Å². The van der Waals surface area contributed by atoms with Gasteiger partial charge in [0.1, 0.15) is 0 Å². The van der Waals surface area contributed by atoms with Crippen LogP contribution in [-0.4, -0.2) is 35.6 Å². The first-order valence-electron chi connectivity index (χ1n) is 7.00. The maximum Gasteiger partial charge on any atom is 0.317 e. The third kappa shape index (κ3) is 5.45. The summed E-state index contributed by atoms with van der Waals surface area (Å²) >= 11 is 0. The predicted octanol–water partition coefficient (Wildman–Crippen LogP) is 2.89. The van der Waals surface area contributed by atoms with E-state index in [0.717, 1.165) is 5.56 Å². The van der Waals surface area contributed by atoms with Gasteiger partial charge in [-0.05, 0) is 11.0 Å². The molecule has 0 bridgehead atoms. The first-order valence-corrected chi connectivity index (χ1v) is 7.00. The van der Waals surface area contributed by atoms with E-state index in [1.807, 2.05) is 30.3 Å². The number of benzene rings is 1. The zero-order chi connectivity index (χ0) is 16.0. The largest absolute Gasteiger partial charge is 0.481 e. The van der Waals surface area contributed by atoms with E-state index >= 15 is 0 Å². The number of nitrogens with one attached hydrogen (secondary N) is 1. The van der Waals surface area contributed by atoms with E-state index in [2.05, 4.69) is 26.1 Å². The Balaban J connectivity index is 2.79. The second-order valence-electron chi connectivity index (χ2n) is 6.22. The van der Waals surface area contributed by atoms with Crippen LogP contribution in [-0.2, 0) is 4.79 Å². The van der Waals surface area contributed by atoms with Crippen molar-refractivity contribution in [3.63, 3.8) is 0 Å². The van der Waals surface area contributed by atoms with Crippen molar-refractivity contribution in [2.45, 2.75) is 33.2 Å². The number of carbonyl (C=O) groups is 2. The fraction of sp³-hybridized carbons (Fsp3) is 0.500. The van der Waals surface area contributed by atoms with Gasteiger partial charge in [-0.1, -0.05) is 51.1 Å². The number of carboxylic acid groups (broad SMARTS) is 1. The van der Waals surface area contributed by atoms with Gasteiger partial charge in [0.05, 0.1) is 12.5 Å². The van der Waals surface area contributed by atoms with Crippen molar-refractivity contribution in [2.24, 2.45) is 5.41 Å². The number of amides is 2. The molecule has 0 radical (unpaired) electrons. The molecule has 21 heavy (non-hydrogen) atoms. The molecule has 0 aliphatic carbocycles. The van der Waals surface area contributed by atoms with Crippen molar-refractivity contribution in [3.8, 4) is 0 Å². The van der Waals surface area contributed by atoms with Gasteiger partial charge in [0, 0.05) is 13.6 Å². The van der Waals surface area contributed by atoms with Crippen molar-refractivity contribution in [3.05, 3.63) is 35.9 Å². The van der Waals surface area contributed by atoms with Gasteiger partial charge in [-0.2, -0.15) is 0 Å². The maximum atomic E-state index is 12.2. The average molecular weight is 292 g/mol. The smallest absolute Gasteiger partial charge is 0.317 e. The molecule has 0 aromatic heterocycles. The topological polar surface area (TPSA) is 69.6 Å². The zero-order valence-corrected chi connectivity index (χ0v) is 13.1. The van der Waals surface area contributed by atoms with Crippen LogP contribution in [0.5, 0.6) is 0 Å². The highest BCUT2D eigenvalue weighted by Crippen LogP contribution is 2.32. The molecule has 2 amide bonds. The van der Waals surface area contributed by atoms with E-state index in [9.17, 15) is 9.59 Å². The summed E-state index contributed by atoms with van der Waals surface area (Å²) in [5.41, 5.74) is 0.884. The molecule has 0 fully saturated rings. The third-order valence-corrected chi connectivity index (χ3v) is 3.27. The molecule has 1 unspecified atom stereocenters. The molecule has 0 saturated carbocycles. The van der Waals surface area contributed by atoms with Gasteiger partial charge in [0.2, 0.25) is 0 Å². The maximum absolute atomic E-state index is 12.2. The summed E-state index contributed by atoms with van der Waals surface area (Å²) in [4.78, 5) is 24.2. The second kappa shape index (κ2) is 7.11. The molecule has 1 aromatic rings. The van der Waals surface area contributed by atoms with Crippen molar-refractivity contribution in [1.29, 1.82) is 0 Å². The highest BCUT2D eigenvalue weighted by atomic mass is 16.4. The van der Waals surface area contributed by atoms with Crippen LogP contribution in [0.2, 0.25) is 0 Å². The Morgan fingerprint density at radius 1 is 1.24 bits per heavy atom. The number of hydrogen-bond donors (Lipinski definition) is 2. The van der Waals surface area contributed by atoms with Gasteiger partial charge in [-0.15, -0.1) is 0 Å². The van der Waals surface area contributed by atoms with Crippen LogP contribution >= 0.6 is 0 Å². The van der Waals surface area contributed by atoms with E-state index in [4.69, 9.17) is 5.11 Å². The van der Waals surface area contributed by atoms with Crippen LogP contribution in [0.1, 0.15) is 38.8 Å². The minimum absolute atomic E-state index is 0.0601. The lowest BCUT2D eigenvalue weighted by molar-refractivity contribution is -0.137. The summed E-state index contributed by atoms with van der Waals surface area (Å²) in [7, 11) is 1.60. The first kappa shape index (κ1) is 17.0. The summed E-state index contributed by atoms with van der Waals surface area (Å²) in [5.74, 6) is -0.912. The molecule has 0 heterocycles. The Morgan fingerprint density at radius 3 is 2.29 bits per heavy atom. The van der Waals surface area contributed by atoms with E-state index < -0.39 is 5.97 Å². The standard InChI is InChI=1S/C16H24N2O3/c1-16(2,3)14(12-8-6-5-7-9-12)17-15(21)18(4)11-10-13(19)20/h5-9,14H,10-11H2,1-4H3,(H,17,21)(H,19,20). The quantitative estimate of drug-likeness (QED) is 0.876. The van der Waals surface area contributed by atoms with Crippen LogP contribution in [0.25, 0.3) is 0 Å². The Hall–Kier alpha value is -2.04. The SMILES string of the molecule is CN(CCC(=O)O)C(=O)NC(c1ccccc1)C(C)(C)C. The van der Waals surface area contributed by atoms with Gasteiger partial charge < -0.3 is 15.3 Å². The Bertz CT molecular complexity index is 480. The van der Waals surface area contributed by atoms with Gasteiger partial charge >= 0.3 is 12.0 Å². The molecule has 5 heteroatoms. The van der Waals surface area contributed by atoms with Gasteiger partial charge in [-0.3, -0.25) is 4.79 Å². The number of hydrogen-bond acceptors (Lipinski definition) is 2. The molecule has 116 valence electrons. The van der Waals surface area contributed by atoms with E-state index in [-0.39, 0.29) is 30.5 Å². The highest BCUT2D eigenvalue weighted by Gasteiger charge is 2.28. The van der Waals surface area contributed by atoms with Crippen molar-refractivity contribution >= 4 is 12.0 Å². The Labute approximate surface area is 126 Å².